The van der Waals surface area contributed by atoms with Crippen LogP contribution in [0.3, 0.4) is 0 Å². The molecule has 2 atom stereocenters. The molecule has 0 amide bonds. The zero-order valence-electron chi connectivity index (χ0n) is 11.9. The van der Waals surface area contributed by atoms with E-state index in [0.717, 1.165) is 12.2 Å². The van der Waals surface area contributed by atoms with E-state index in [1.165, 1.54) is 16.8 Å². The average molecular weight is 461 g/mol. The molecule has 0 radical (unpaired) electrons. The Morgan fingerprint density at radius 1 is 1.29 bits per heavy atom. The topological polar surface area (TPSA) is 22.0 Å². The number of rotatable bonds is 1. The van der Waals surface area contributed by atoms with Crippen LogP contribution in [0.5, 0.6) is 0 Å². The van der Waals surface area contributed by atoms with Crippen molar-refractivity contribution >= 4 is 34.1 Å². The van der Waals surface area contributed by atoms with Crippen LogP contribution in [0.25, 0.3) is 5.70 Å². The molecule has 130 valence electrons. The smallest absolute Gasteiger partial charge is 0.319 e. The van der Waals surface area contributed by atoms with Crippen LogP contribution in [0.2, 0.25) is 0 Å². The number of carbonyl (C=O) groups is 1. The number of allylic oxidation sites excluding steroid dienone is 4. The van der Waals surface area contributed by atoms with Gasteiger partial charge >= 0.3 is 12.1 Å². The molecular weight excluding hydrogens is 451 g/mol. The summed E-state index contributed by atoms with van der Waals surface area (Å²) in [6.45, 7) is 0. The quantitative estimate of drug-likeness (QED) is 0.436. The van der Waals surface area contributed by atoms with Crippen LogP contribution in [0.1, 0.15) is 22.5 Å². The highest BCUT2D eigenvalue weighted by atomic mass is 127. The van der Waals surface area contributed by atoms with Crippen LogP contribution in [0.4, 0.5) is 26.3 Å². The maximum absolute atomic E-state index is 13.6. The van der Waals surface area contributed by atoms with Crippen molar-refractivity contribution in [1.82, 2.24) is 4.57 Å². The fourth-order valence-corrected chi connectivity index (χ4v) is 3.71. The molecule has 0 fully saturated rings. The van der Waals surface area contributed by atoms with Crippen LogP contribution >= 0.6 is 22.6 Å². The molecule has 2 nitrogen and oxygen atoms in total. The van der Waals surface area contributed by atoms with Crippen molar-refractivity contribution in [2.75, 3.05) is 0 Å². The van der Waals surface area contributed by atoms with Gasteiger partial charge in [0, 0.05) is 27.6 Å². The van der Waals surface area contributed by atoms with Crippen molar-refractivity contribution in [1.29, 1.82) is 0 Å². The summed E-state index contributed by atoms with van der Waals surface area (Å²) in [6.07, 6.45) is -3.83. The fourth-order valence-electron chi connectivity index (χ4n) is 2.88. The Kier molecular flexibility index (Phi) is 4.12. The zero-order chi connectivity index (χ0) is 17.9. The van der Waals surface area contributed by atoms with E-state index in [1.54, 1.807) is 22.6 Å². The van der Waals surface area contributed by atoms with Gasteiger partial charge in [-0.15, -0.1) is 0 Å². The minimum Gasteiger partial charge on any atom is -0.319 e. The molecule has 3 rings (SSSR count). The van der Waals surface area contributed by atoms with Crippen molar-refractivity contribution < 1.29 is 31.1 Å². The molecule has 0 saturated heterocycles. The predicted octanol–water partition coefficient (Wildman–Crippen LogP) is 4.78. The summed E-state index contributed by atoms with van der Waals surface area (Å²) in [5.74, 6) is -7.12. The molecule has 0 saturated carbocycles. The summed E-state index contributed by atoms with van der Waals surface area (Å²) < 4.78 is 80.9. The van der Waals surface area contributed by atoms with Gasteiger partial charge in [-0.3, -0.25) is 4.79 Å². The van der Waals surface area contributed by atoms with Crippen molar-refractivity contribution in [3.05, 3.63) is 39.3 Å². The first kappa shape index (κ1) is 17.6. The number of fused-ring (bicyclic) bond motifs is 1. The van der Waals surface area contributed by atoms with E-state index < -0.39 is 36.4 Å². The molecule has 0 aromatic carbocycles. The van der Waals surface area contributed by atoms with Gasteiger partial charge in [0.25, 0.3) is 0 Å². The van der Waals surface area contributed by atoms with Gasteiger partial charge in [0.2, 0.25) is 5.78 Å². The molecule has 0 bridgehead atoms. The van der Waals surface area contributed by atoms with Crippen LogP contribution in [0.15, 0.2) is 24.4 Å². The van der Waals surface area contributed by atoms with E-state index in [2.05, 4.69) is 0 Å². The number of halogens is 7. The second-order valence-electron chi connectivity index (χ2n) is 5.66. The number of hydrogen-bond acceptors (Lipinski definition) is 1. The third-order valence-corrected chi connectivity index (χ3v) is 4.91. The average Bonchev–Trinajstić information content (AvgIpc) is 2.80. The summed E-state index contributed by atoms with van der Waals surface area (Å²) in [5, 5.41) is 0. The molecule has 1 aromatic heterocycles. The van der Waals surface area contributed by atoms with E-state index in [0.29, 0.717) is 0 Å². The van der Waals surface area contributed by atoms with E-state index in [-0.39, 0.29) is 26.9 Å². The van der Waals surface area contributed by atoms with Gasteiger partial charge in [-0.2, -0.15) is 22.0 Å². The molecule has 0 aliphatic heterocycles. The lowest BCUT2D eigenvalue weighted by Crippen LogP contribution is -2.35. The highest BCUT2D eigenvalue weighted by Gasteiger charge is 2.47. The van der Waals surface area contributed by atoms with Gasteiger partial charge in [-0.25, -0.2) is 4.39 Å². The number of carbonyl (C=O) groups excluding carboxylic acids is 1. The largest absolute Gasteiger partial charge is 0.398 e. The Hall–Kier alpha value is -1.26. The minimum absolute atomic E-state index is 0.0170. The second kappa shape index (κ2) is 5.63. The zero-order valence-corrected chi connectivity index (χ0v) is 14.0. The maximum atomic E-state index is 13.6. The lowest BCUT2D eigenvalue weighted by atomic mass is 9.92. The Morgan fingerprint density at radius 3 is 2.58 bits per heavy atom. The SMILES string of the molecule is O=C1c2c(I)cn(C3=CC(C(F)(F)F)C(F)C=C3)c2CCC1(F)F. The number of alkyl halides is 6. The summed E-state index contributed by atoms with van der Waals surface area (Å²) in [4.78, 5) is 11.9. The van der Waals surface area contributed by atoms with E-state index in [1.807, 2.05) is 0 Å². The molecule has 9 heteroatoms. The summed E-state index contributed by atoms with van der Waals surface area (Å²) in [5.41, 5.74) is 0.0694. The van der Waals surface area contributed by atoms with Gasteiger partial charge in [-0.1, -0.05) is 0 Å². The van der Waals surface area contributed by atoms with E-state index in [4.69, 9.17) is 0 Å². The molecule has 2 aliphatic carbocycles. The molecule has 2 aliphatic rings. The van der Waals surface area contributed by atoms with Crippen LogP contribution in [-0.4, -0.2) is 28.6 Å². The van der Waals surface area contributed by atoms with Crippen molar-refractivity contribution in [2.45, 2.75) is 31.1 Å². The highest BCUT2D eigenvalue weighted by Crippen LogP contribution is 2.40. The third kappa shape index (κ3) is 2.80. The summed E-state index contributed by atoms with van der Waals surface area (Å²) in [7, 11) is 0. The molecule has 1 aromatic rings. The Balaban J connectivity index is 2.08. The van der Waals surface area contributed by atoms with E-state index in [9.17, 15) is 31.1 Å². The number of ketones is 1. The van der Waals surface area contributed by atoms with Crippen LogP contribution in [-0.2, 0) is 6.42 Å². The predicted molar refractivity (Wildman–Crippen MR) is 82.6 cm³/mol. The third-order valence-electron chi connectivity index (χ3n) is 4.10. The standard InChI is InChI=1S/C15H10F6INO/c16-9-2-1-7(5-8(9)15(19,20)21)23-6-10(22)12-11(23)3-4-14(17,18)13(12)24/h1-2,5-6,8-9H,3-4H2. The lowest BCUT2D eigenvalue weighted by Gasteiger charge is -2.26. The molecule has 2 unspecified atom stereocenters. The van der Waals surface area contributed by atoms with Crippen molar-refractivity contribution in [3.63, 3.8) is 0 Å². The Bertz CT molecular complexity index is 761. The number of Topliss-reactive ketones (excluding diaryl/α,β-unsaturated/α-hetero) is 1. The first-order valence-electron chi connectivity index (χ1n) is 6.96. The van der Waals surface area contributed by atoms with Crippen molar-refractivity contribution in [3.8, 4) is 0 Å². The number of hydrogen-bond donors (Lipinski definition) is 0. The molecule has 1 heterocycles. The first-order chi connectivity index (χ1) is 11.0. The maximum Gasteiger partial charge on any atom is 0.398 e. The molecular formula is C15H10F6INO. The van der Waals surface area contributed by atoms with Crippen molar-refractivity contribution in [2.24, 2.45) is 5.92 Å². The Labute approximate surface area is 146 Å². The first-order valence-corrected chi connectivity index (χ1v) is 8.04. The summed E-state index contributed by atoms with van der Waals surface area (Å²) in [6, 6.07) is 0. The normalized spacial score (nSPS) is 26.3. The van der Waals surface area contributed by atoms with Gasteiger partial charge in [-0.05, 0) is 47.2 Å². The van der Waals surface area contributed by atoms with E-state index >= 15 is 0 Å². The summed E-state index contributed by atoms with van der Waals surface area (Å²) >= 11 is 1.69. The van der Waals surface area contributed by atoms with Gasteiger partial charge in [0.05, 0.1) is 5.56 Å². The second-order valence-corrected chi connectivity index (χ2v) is 6.83. The Morgan fingerprint density at radius 2 is 1.96 bits per heavy atom. The molecule has 0 spiro atoms. The minimum atomic E-state index is -4.77. The van der Waals surface area contributed by atoms with Gasteiger partial charge in [0.1, 0.15) is 12.1 Å². The van der Waals surface area contributed by atoms with Crippen LogP contribution < -0.4 is 0 Å². The fraction of sp³-hybridized carbons (Fsp3) is 0.400. The van der Waals surface area contributed by atoms with Gasteiger partial charge in [0.15, 0.2) is 0 Å². The van der Waals surface area contributed by atoms with Crippen LogP contribution in [0, 0.1) is 9.49 Å². The van der Waals surface area contributed by atoms with Gasteiger partial charge < -0.3 is 4.57 Å². The number of aromatic nitrogens is 1. The molecule has 0 N–H and O–H groups in total. The highest BCUT2D eigenvalue weighted by molar-refractivity contribution is 14.1. The monoisotopic (exact) mass is 461 g/mol. The molecule has 24 heavy (non-hydrogen) atoms. The number of nitrogens with zero attached hydrogens (tertiary/aromatic N) is 1. The lowest BCUT2D eigenvalue weighted by molar-refractivity contribution is -0.171.